The minimum Gasteiger partial charge on any atom is -0.275 e. The SMILES string of the molecule is Cn1cc(C2=NN(Cc3cccc(F)c3)C(=O)C2)cn1. The van der Waals surface area contributed by atoms with Crippen LogP contribution in [0.4, 0.5) is 4.39 Å². The molecule has 1 aliphatic rings. The van der Waals surface area contributed by atoms with E-state index < -0.39 is 0 Å². The highest BCUT2D eigenvalue weighted by Crippen LogP contribution is 2.17. The van der Waals surface area contributed by atoms with Crippen LogP contribution in [0.25, 0.3) is 0 Å². The van der Waals surface area contributed by atoms with Crippen molar-refractivity contribution >= 4 is 11.6 Å². The zero-order valence-corrected chi connectivity index (χ0v) is 11.0. The van der Waals surface area contributed by atoms with Gasteiger partial charge in [-0.05, 0) is 17.7 Å². The molecule has 0 fully saturated rings. The average molecular weight is 272 g/mol. The zero-order chi connectivity index (χ0) is 14.1. The van der Waals surface area contributed by atoms with Gasteiger partial charge < -0.3 is 0 Å². The zero-order valence-electron chi connectivity index (χ0n) is 11.0. The first-order chi connectivity index (χ1) is 9.61. The lowest BCUT2D eigenvalue weighted by Crippen LogP contribution is -2.20. The Morgan fingerprint density at radius 3 is 2.95 bits per heavy atom. The Balaban J connectivity index is 1.80. The van der Waals surface area contributed by atoms with E-state index in [1.54, 1.807) is 23.0 Å². The summed E-state index contributed by atoms with van der Waals surface area (Å²) in [5.74, 6) is -0.404. The third-order valence-electron chi connectivity index (χ3n) is 3.11. The minimum absolute atomic E-state index is 0.0897. The lowest BCUT2D eigenvalue weighted by Gasteiger charge is -2.11. The molecule has 0 saturated carbocycles. The van der Waals surface area contributed by atoms with Gasteiger partial charge in [-0.15, -0.1) is 0 Å². The van der Waals surface area contributed by atoms with Crippen LogP contribution < -0.4 is 0 Å². The number of amides is 1. The summed E-state index contributed by atoms with van der Waals surface area (Å²) in [7, 11) is 1.81. The number of carbonyl (C=O) groups is 1. The van der Waals surface area contributed by atoms with Crippen LogP contribution >= 0.6 is 0 Å². The Bertz CT molecular complexity index is 692. The van der Waals surface area contributed by atoms with E-state index in [4.69, 9.17) is 0 Å². The third kappa shape index (κ3) is 2.45. The first-order valence-corrected chi connectivity index (χ1v) is 6.23. The summed E-state index contributed by atoms with van der Waals surface area (Å²) in [5, 5.41) is 9.74. The summed E-state index contributed by atoms with van der Waals surface area (Å²) < 4.78 is 14.8. The molecule has 0 N–H and O–H groups in total. The quantitative estimate of drug-likeness (QED) is 0.853. The van der Waals surface area contributed by atoms with E-state index in [2.05, 4.69) is 10.2 Å². The van der Waals surface area contributed by atoms with Crippen molar-refractivity contribution in [2.45, 2.75) is 13.0 Å². The lowest BCUT2D eigenvalue weighted by atomic mass is 10.1. The van der Waals surface area contributed by atoms with E-state index in [0.29, 0.717) is 5.71 Å². The van der Waals surface area contributed by atoms with E-state index in [0.717, 1.165) is 11.1 Å². The summed E-state index contributed by atoms with van der Waals surface area (Å²) in [4.78, 5) is 11.9. The first-order valence-electron chi connectivity index (χ1n) is 6.23. The van der Waals surface area contributed by atoms with Crippen molar-refractivity contribution < 1.29 is 9.18 Å². The second-order valence-electron chi connectivity index (χ2n) is 4.71. The molecule has 1 aliphatic heterocycles. The number of hydrogen-bond acceptors (Lipinski definition) is 3. The topological polar surface area (TPSA) is 50.5 Å². The van der Waals surface area contributed by atoms with Gasteiger partial charge in [-0.25, -0.2) is 9.40 Å². The van der Waals surface area contributed by atoms with Crippen LogP contribution in [0.3, 0.4) is 0 Å². The number of aromatic nitrogens is 2. The average Bonchev–Trinajstić information content (AvgIpc) is 2.97. The highest BCUT2D eigenvalue weighted by Gasteiger charge is 2.25. The van der Waals surface area contributed by atoms with Crippen LogP contribution in [0.15, 0.2) is 41.8 Å². The Kier molecular flexibility index (Phi) is 3.06. The molecule has 0 saturated heterocycles. The van der Waals surface area contributed by atoms with E-state index in [1.807, 2.05) is 13.2 Å². The van der Waals surface area contributed by atoms with Crippen molar-refractivity contribution in [2.75, 3.05) is 0 Å². The number of rotatable bonds is 3. The smallest absolute Gasteiger partial charge is 0.249 e. The molecular weight excluding hydrogens is 259 g/mol. The molecule has 102 valence electrons. The van der Waals surface area contributed by atoms with Gasteiger partial charge in [0, 0.05) is 18.8 Å². The molecule has 2 heterocycles. The van der Waals surface area contributed by atoms with Gasteiger partial charge in [0.05, 0.1) is 24.9 Å². The predicted octanol–water partition coefficient (Wildman–Crippen LogP) is 1.70. The molecule has 0 bridgehead atoms. The largest absolute Gasteiger partial charge is 0.275 e. The molecule has 3 rings (SSSR count). The molecule has 0 atom stereocenters. The minimum atomic E-state index is -0.314. The lowest BCUT2D eigenvalue weighted by molar-refractivity contribution is -0.129. The fraction of sp³-hybridized carbons (Fsp3) is 0.214. The third-order valence-corrected chi connectivity index (χ3v) is 3.11. The number of hydrazone groups is 1. The molecule has 2 aromatic rings. The van der Waals surface area contributed by atoms with Gasteiger partial charge in [-0.3, -0.25) is 9.48 Å². The molecule has 0 unspecified atom stereocenters. The molecule has 1 amide bonds. The maximum atomic E-state index is 13.1. The molecule has 0 aliphatic carbocycles. The highest BCUT2D eigenvalue weighted by molar-refractivity contribution is 6.13. The predicted molar refractivity (Wildman–Crippen MR) is 71.3 cm³/mol. The Morgan fingerprint density at radius 1 is 1.40 bits per heavy atom. The van der Waals surface area contributed by atoms with Crippen molar-refractivity contribution in [1.29, 1.82) is 0 Å². The molecule has 5 nitrogen and oxygen atoms in total. The van der Waals surface area contributed by atoms with Gasteiger partial charge in [-0.2, -0.15) is 10.2 Å². The van der Waals surface area contributed by atoms with Gasteiger partial charge in [0.1, 0.15) is 5.82 Å². The van der Waals surface area contributed by atoms with Gasteiger partial charge in [-0.1, -0.05) is 12.1 Å². The molecule has 0 radical (unpaired) electrons. The van der Waals surface area contributed by atoms with Crippen LogP contribution in [0, 0.1) is 5.82 Å². The monoisotopic (exact) mass is 272 g/mol. The second-order valence-corrected chi connectivity index (χ2v) is 4.71. The van der Waals surface area contributed by atoms with Crippen molar-refractivity contribution in [2.24, 2.45) is 12.1 Å². The van der Waals surface area contributed by atoms with Gasteiger partial charge in [0.15, 0.2) is 0 Å². The number of nitrogens with zero attached hydrogens (tertiary/aromatic N) is 4. The molecule has 1 aromatic carbocycles. The summed E-state index contributed by atoms with van der Waals surface area (Å²) in [6.45, 7) is 0.278. The van der Waals surface area contributed by atoms with E-state index in [-0.39, 0.29) is 24.7 Å². The maximum absolute atomic E-state index is 13.1. The Morgan fingerprint density at radius 2 is 2.25 bits per heavy atom. The van der Waals surface area contributed by atoms with E-state index in [9.17, 15) is 9.18 Å². The van der Waals surface area contributed by atoms with Crippen LogP contribution in [0.1, 0.15) is 17.5 Å². The second kappa shape index (κ2) is 4.88. The van der Waals surface area contributed by atoms with Crippen molar-refractivity contribution in [1.82, 2.24) is 14.8 Å². The van der Waals surface area contributed by atoms with Crippen molar-refractivity contribution in [3.63, 3.8) is 0 Å². The van der Waals surface area contributed by atoms with Gasteiger partial charge >= 0.3 is 0 Å². The number of benzene rings is 1. The number of halogens is 1. The molecule has 20 heavy (non-hydrogen) atoms. The van der Waals surface area contributed by atoms with Crippen LogP contribution in [-0.4, -0.2) is 26.4 Å². The normalized spacial score (nSPS) is 14.8. The van der Waals surface area contributed by atoms with Crippen LogP contribution in [-0.2, 0) is 18.4 Å². The molecule has 6 heteroatoms. The van der Waals surface area contributed by atoms with Crippen molar-refractivity contribution in [3.05, 3.63) is 53.6 Å². The Labute approximate surface area is 115 Å². The number of hydrogen-bond donors (Lipinski definition) is 0. The highest BCUT2D eigenvalue weighted by atomic mass is 19.1. The molecule has 1 aromatic heterocycles. The number of aryl methyl sites for hydroxylation is 1. The standard InChI is InChI=1S/C14H13FN4O/c1-18-9-11(7-16-18)13-6-14(20)19(17-13)8-10-3-2-4-12(15)5-10/h2-5,7,9H,6,8H2,1H3. The summed E-state index contributed by atoms with van der Waals surface area (Å²) in [6, 6.07) is 6.18. The fourth-order valence-corrected chi connectivity index (χ4v) is 2.13. The Hall–Kier alpha value is -2.50. The number of carbonyl (C=O) groups excluding carboxylic acids is 1. The van der Waals surface area contributed by atoms with Gasteiger partial charge in [0.2, 0.25) is 5.91 Å². The van der Waals surface area contributed by atoms with Crippen LogP contribution in [0.5, 0.6) is 0 Å². The summed E-state index contributed by atoms with van der Waals surface area (Å²) in [5.41, 5.74) is 2.25. The summed E-state index contributed by atoms with van der Waals surface area (Å²) >= 11 is 0. The molecule has 0 spiro atoms. The van der Waals surface area contributed by atoms with Crippen LogP contribution in [0.2, 0.25) is 0 Å². The first kappa shape index (κ1) is 12.5. The van der Waals surface area contributed by atoms with Gasteiger partial charge in [0.25, 0.3) is 0 Å². The maximum Gasteiger partial charge on any atom is 0.249 e. The van der Waals surface area contributed by atoms with E-state index >= 15 is 0 Å². The van der Waals surface area contributed by atoms with Crippen molar-refractivity contribution in [3.8, 4) is 0 Å². The summed E-state index contributed by atoms with van der Waals surface area (Å²) in [6.07, 6.45) is 3.75. The van der Waals surface area contributed by atoms with E-state index in [1.165, 1.54) is 17.1 Å². The fourth-order valence-electron chi connectivity index (χ4n) is 2.13. The molecular formula is C14H13FN4O.